The molecule has 0 radical (unpaired) electrons. The molecular weight excluding hydrogens is 212 g/mol. The van der Waals surface area contributed by atoms with Crippen molar-refractivity contribution in [2.24, 2.45) is 0 Å². The summed E-state index contributed by atoms with van der Waals surface area (Å²) in [5, 5.41) is 3.19. The van der Waals surface area contributed by atoms with Crippen LogP contribution in [0.15, 0.2) is 18.3 Å². The van der Waals surface area contributed by atoms with Crippen molar-refractivity contribution in [3.05, 3.63) is 29.8 Å². The van der Waals surface area contributed by atoms with Crippen molar-refractivity contribution in [3.63, 3.8) is 0 Å². The van der Waals surface area contributed by atoms with Crippen LogP contribution in [0.5, 0.6) is 0 Å². The summed E-state index contributed by atoms with van der Waals surface area (Å²) in [5.41, 5.74) is 0.354. The second-order valence-corrected chi connectivity index (χ2v) is 3.84. The first-order chi connectivity index (χ1) is 7.83. The Morgan fingerprint density at radius 1 is 1.44 bits per heavy atom. The van der Waals surface area contributed by atoms with Crippen LogP contribution in [0.1, 0.15) is 11.6 Å². The first-order valence-electron chi connectivity index (χ1n) is 5.44. The summed E-state index contributed by atoms with van der Waals surface area (Å²) in [5.74, 6) is -0.566. The summed E-state index contributed by atoms with van der Waals surface area (Å²) >= 11 is 0. The SMILES string of the molecule is FC[C@H](c1cccnc1F)N1CCNCC1. The molecule has 88 valence electrons. The second-order valence-electron chi connectivity index (χ2n) is 3.84. The van der Waals surface area contributed by atoms with E-state index in [9.17, 15) is 8.78 Å². The Morgan fingerprint density at radius 2 is 2.19 bits per heavy atom. The van der Waals surface area contributed by atoms with E-state index in [1.807, 2.05) is 4.90 Å². The zero-order chi connectivity index (χ0) is 11.4. The number of nitrogens with one attached hydrogen (secondary N) is 1. The third-order valence-corrected chi connectivity index (χ3v) is 2.89. The van der Waals surface area contributed by atoms with E-state index in [-0.39, 0.29) is 0 Å². The number of aromatic nitrogens is 1. The minimum atomic E-state index is -0.581. The lowest BCUT2D eigenvalue weighted by Crippen LogP contribution is -2.45. The number of nitrogens with zero attached hydrogens (tertiary/aromatic N) is 2. The molecule has 1 saturated heterocycles. The fourth-order valence-electron chi connectivity index (χ4n) is 2.02. The van der Waals surface area contributed by atoms with Crippen LogP contribution < -0.4 is 5.32 Å². The summed E-state index contributed by atoms with van der Waals surface area (Å²) in [4.78, 5) is 5.52. The second kappa shape index (κ2) is 5.32. The topological polar surface area (TPSA) is 28.2 Å². The molecule has 0 saturated carbocycles. The van der Waals surface area contributed by atoms with Crippen LogP contribution in [0, 0.1) is 5.95 Å². The number of hydrogen-bond donors (Lipinski definition) is 1. The van der Waals surface area contributed by atoms with Gasteiger partial charge in [-0.2, -0.15) is 4.39 Å². The molecule has 0 unspecified atom stereocenters. The van der Waals surface area contributed by atoms with E-state index in [0.29, 0.717) is 5.56 Å². The molecule has 0 bridgehead atoms. The van der Waals surface area contributed by atoms with Gasteiger partial charge in [-0.05, 0) is 6.07 Å². The van der Waals surface area contributed by atoms with Crippen molar-refractivity contribution in [3.8, 4) is 0 Å². The van der Waals surface area contributed by atoms with Crippen molar-refractivity contribution in [1.82, 2.24) is 15.2 Å². The van der Waals surface area contributed by atoms with Crippen molar-refractivity contribution in [2.75, 3.05) is 32.9 Å². The molecule has 0 aliphatic carbocycles. The van der Waals surface area contributed by atoms with Crippen molar-refractivity contribution in [2.45, 2.75) is 6.04 Å². The smallest absolute Gasteiger partial charge is 0.217 e. The maximum atomic E-state index is 13.5. The zero-order valence-corrected chi connectivity index (χ0v) is 9.00. The van der Waals surface area contributed by atoms with Gasteiger partial charge < -0.3 is 5.32 Å². The predicted octanol–water partition coefficient (Wildman–Crippen LogP) is 1.14. The van der Waals surface area contributed by atoms with Gasteiger partial charge in [-0.3, -0.25) is 4.90 Å². The fraction of sp³-hybridized carbons (Fsp3) is 0.545. The van der Waals surface area contributed by atoms with Crippen LogP contribution in [0.3, 0.4) is 0 Å². The van der Waals surface area contributed by atoms with Gasteiger partial charge in [-0.1, -0.05) is 6.07 Å². The van der Waals surface area contributed by atoms with Crippen LogP contribution in [-0.2, 0) is 0 Å². The molecule has 1 aromatic rings. The van der Waals surface area contributed by atoms with Crippen LogP contribution in [0.25, 0.3) is 0 Å². The van der Waals surface area contributed by atoms with Crippen LogP contribution in [0.4, 0.5) is 8.78 Å². The van der Waals surface area contributed by atoms with Gasteiger partial charge in [-0.15, -0.1) is 0 Å². The molecule has 1 N–H and O–H groups in total. The Labute approximate surface area is 93.5 Å². The number of rotatable bonds is 3. The lowest BCUT2D eigenvalue weighted by molar-refractivity contribution is 0.144. The monoisotopic (exact) mass is 227 g/mol. The van der Waals surface area contributed by atoms with E-state index in [1.165, 1.54) is 6.20 Å². The van der Waals surface area contributed by atoms with Crippen LogP contribution >= 0.6 is 0 Å². The number of pyridine rings is 1. The van der Waals surface area contributed by atoms with Crippen molar-refractivity contribution >= 4 is 0 Å². The molecule has 5 heteroatoms. The van der Waals surface area contributed by atoms with Gasteiger partial charge in [-0.25, -0.2) is 9.37 Å². The van der Waals surface area contributed by atoms with Gasteiger partial charge in [0.25, 0.3) is 0 Å². The third-order valence-electron chi connectivity index (χ3n) is 2.89. The highest BCUT2D eigenvalue weighted by atomic mass is 19.1. The minimum Gasteiger partial charge on any atom is -0.314 e. The number of halogens is 2. The summed E-state index contributed by atoms with van der Waals surface area (Å²) in [6.45, 7) is 2.53. The van der Waals surface area contributed by atoms with Crippen LogP contribution in [-0.4, -0.2) is 42.7 Å². The highest BCUT2D eigenvalue weighted by Crippen LogP contribution is 2.22. The Kier molecular flexibility index (Phi) is 3.79. The summed E-state index contributed by atoms with van der Waals surface area (Å²) in [7, 11) is 0. The maximum Gasteiger partial charge on any atom is 0.217 e. The molecule has 16 heavy (non-hydrogen) atoms. The van der Waals surface area contributed by atoms with Gasteiger partial charge >= 0.3 is 0 Å². The number of alkyl halides is 1. The summed E-state index contributed by atoms with van der Waals surface area (Å²) < 4.78 is 26.5. The van der Waals surface area contributed by atoms with E-state index >= 15 is 0 Å². The first-order valence-corrected chi connectivity index (χ1v) is 5.44. The minimum absolute atomic E-state index is 0.354. The zero-order valence-electron chi connectivity index (χ0n) is 9.00. The standard InChI is InChI=1S/C11H15F2N3/c12-8-10(16-6-4-14-5-7-16)9-2-1-3-15-11(9)13/h1-3,10,14H,4-8H2/t10-/m1/s1. The largest absolute Gasteiger partial charge is 0.314 e. The van der Waals surface area contributed by atoms with Crippen LogP contribution in [0.2, 0.25) is 0 Å². The quantitative estimate of drug-likeness (QED) is 0.785. The highest BCUT2D eigenvalue weighted by Gasteiger charge is 2.24. The average Bonchev–Trinajstić information content (AvgIpc) is 2.34. The van der Waals surface area contributed by atoms with Crippen molar-refractivity contribution < 1.29 is 8.78 Å². The van der Waals surface area contributed by atoms with E-state index in [0.717, 1.165) is 26.2 Å². The summed E-state index contributed by atoms with van der Waals surface area (Å²) in [6, 6.07) is 2.74. The van der Waals surface area contributed by atoms with Gasteiger partial charge in [0, 0.05) is 37.9 Å². The molecule has 0 aromatic carbocycles. The predicted molar refractivity (Wildman–Crippen MR) is 57.4 cm³/mol. The molecule has 2 heterocycles. The molecular formula is C11H15F2N3. The molecule has 3 nitrogen and oxygen atoms in total. The Morgan fingerprint density at radius 3 is 2.81 bits per heavy atom. The van der Waals surface area contributed by atoms with Gasteiger partial charge in [0.1, 0.15) is 6.67 Å². The Bertz CT molecular complexity index is 340. The van der Waals surface area contributed by atoms with Crippen molar-refractivity contribution in [1.29, 1.82) is 0 Å². The lowest BCUT2D eigenvalue weighted by Gasteiger charge is -2.33. The van der Waals surface area contributed by atoms with E-state index < -0.39 is 18.7 Å². The molecule has 1 aromatic heterocycles. The van der Waals surface area contributed by atoms with Gasteiger partial charge in [0.15, 0.2) is 0 Å². The highest BCUT2D eigenvalue weighted by molar-refractivity contribution is 5.16. The van der Waals surface area contributed by atoms with E-state index in [4.69, 9.17) is 0 Å². The molecule has 1 fully saturated rings. The molecule has 1 atom stereocenters. The first kappa shape index (κ1) is 11.4. The van der Waals surface area contributed by atoms with Gasteiger partial charge in [0.2, 0.25) is 5.95 Å². The fourth-order valence-corrected chi connectivity index (χ4v) is 2.02. The third kappa shape index (κ3) is 2.36. The average molecular weight is 227 g/mol. The molecule has 0 amide bonds. The summed E-state index contributed by atoms with van der Waals surface area (Å²) in [6.07, 6.45) is 1.38. The molecule has 1 aliphatic rings. The lowest BCUT2D eigenvalue weighted by atomic mass is 10.1. The normalized spacial score (nSPS) is 19.6. The Balaban J connectivity index is 2.18. The number of hydrogen-bond acceptors (Lipinski definition) is 3. The molecule has 0 spiro atoms. The van der Waals surface area contributed by atoms with Gasteiger partial charge in [0.05, 0.1) is 6.04 Å². The number of piperazine rings is 1. The maximum absolute atomic E-state index is 13.5. The Hall–Kier alpha value is -1.07. The molecule has 1 aliphatic heterocycles. The van der Waals surface area contributed by atoms with E-state index in [2.05, 4.69) is 10.3 Å². The molecule has 2 rings (SSSR count). The van der Waals surface area contributed by atoms with E-state index in [1.54, 1.807) is 12.1 Å².